The van der Waals surface area contributed by atoms with Crippen molar-refractivity contribution in [2.45, 2.75) is 45.7 Å². The zero-order valence-electron chi connectivity index (χ0n) is 15.3. The summed E-state index contributed by atoms with van der Waals surface area (Å²) in [6, 6.07) is 8.92. The Hall–Kier alpha value is -1.91. The molecule has 0 amide bonds. The number of hydrogen-bond acceptors (Lipinski definition) is 3. The molecule has 3 nitrogen and oxygen atoms in total. The fourth-order valence-electron chi connectivity index (χ4n) is 4.61. The molecule has 0 bridgehead atoms. The van der Waals surface area contributed by atoms with Gasteiger partial charge in [0.1, 0.15) is 18.2 Å². The molecule has 3 heterocycles. The molecule has 2 aromatic heterocycles. The predicted octanol–water partition coefficient (Wildman–Crippen LogP) is 3.56. The predicted molar refractivity (Wildman–Crippen MR) is 105 cm³/mol. The van der Waals surface area contributed by atoms with Crippen molar-refractivity contribution in [1.29, 1.82) is 0 Å². The molecule has 0 saturated heterocycles. The molecule has 134 valence electrons. The van der Waals surface area contributed by atoms with Crippen molar-refractivity contribution in [3.8, 4) is 0 Å². The average Bonchev–Trinajstić information content (AvgIpc) is 3.34. The summed E-state index contributed by atoms with van der Waals surface area (Å²) in [6.07, 6.45) is 3.85. The van der Waals surface area contributed by atoms with Gasteiger partial charge in [0, 0.05) is 39.8 Å². The van der Waals surface area contributed by atoms with Gasteiger partial charge in [-0.2, -0.15) is 0 Å². The van der Waals surface area contributed by atoms with E-state index in [0.29, 0.717) is 6.04 Å². The van der Waals surface area contributed by atoms with E-state index in [1.54, 1.807) is 21.4 Å². The zero-order valence-corrected chi connectivity index (χ0v) is 16.1. The van der Waals surface area contributed by atoms with E-state index in [1.807, 2.05) is 18.3 Å². The van der Waals surface area contributed by atoms with Crippen LogP contribution in [0.25, 0.3) is 11.0 Å². The summed E-state index contributed by atoms with van der Waals surface area (Å²) in [4.78, 5) is 15.4. The lowest BCUT2D eigenvalue weighted by Crippen LogP contribution is -3.12. The minimum Gasteiger partial charge on any atom is -0.422 e. The van der Waals surface area contributed by atoms with Gasteiger partial charge in [-0.05, 0) is 49.3 Å². The Balaban J connectivity index is 1.57. The van der Waals surface area contributed by atoms with Crippen LogP contribution in [-0.2, 0) is 13.0 Å². The molecule has 1 N–H and O–H groups in total. The Morgan fingerprint density at radius 2 is 2.08 bits per heavy atom. The maximum Gasteiger partial charge on any atom is 0.336 e. The third-order valence-corrected chi connectivity index (χ3v) is 7.25. The molecule has 1 aliphatic heterocycles. The van der Waals surface area contributed by atoms with E-state index in [4.69, 9.17) is 4.42 Å². The van der Waals surface area contributed by atoms with Gasteiger partial charge in [-0.3, -0.25) is 0 Å². The van der Waals surface area contributed by atoms with E-state index in [1.165, 1.54) is 18.4 Å². The average molecular weight is 367 g/mol. The van der Waals surface area contributed by atoms with Crippen LogP contribution in [-0.4, -0.2) is 6.54 Å². The molecule has 1 saturated carbocycles. The SMILES string of the molecule is Cc1ccc2c(C[NH+]3CCc4sccc4[C@@H]3C3CC3)cc(=O)oc2c1C. The quantitative estimate of drug-likeness (QED) is 0.719. The van der Waals surface area contributed by atoms with Crippen molar-refractivity contribution in [2.24, 2.45) is 5.92 Å². The number of benzene rings is 1. The molecular formula is C22H24NO2S+. The topological polar surface area (TPSA) is 34.7 Å². The van der Waals surface area contributed by atoms with Crippen LogP contribution >= 0.6 is 11.3 Å². The number of nitrogens with one attached hydrogen (secondary N) is 1. The number of fused-ring (bicyclic) bond motifs is 2. The number of hydrogen-bond donors (Lipinski definition) is 1. The molecule has 4 heteroatoms. The van der Waals surface area contributed by atoms with Crippen molar-refractivity contribution in [1.82, 2.24) is 0 Å². The monoisotopic (exact) mass is 366 g/mol. The number of thiophene rings is 1. The molecule has 1 aliphatic carbocycles. The van der Waals surface area contributed by atoms with E-state index >= 15 is 0 Å². The van der Waals surface area contributed by atoms with Crippen LogP contribution in [0.2, 0.25) is 0 Å². The Kier molecular flexibility index (Phi) is 3.80. The summed E-state index contributed by atoms with van der Waals surface area (Å²) >= 11 is 1.91. The molecule has 26 heavy (non-hydrogen) atoms. The summed E-state index contributed by atoms with van der Waals surface area (Å²) in [7, 11) is 0. The molecule has 0 radical (unpaired) electrons. The van der Waals surface area contributed by atoms with E-state index in [2.05, 4.69) is 30.5 Å². The second kappa shape index (κ2) is 6.07. The fraction of sp³-hybridized carbons (Fsp3) is 0.409. The highest BCUT2D eigenvalue weighted by molar-refractivity contribution is 7.10. The minimum absolute atomic E-state index is 0.225. The molecule has 1 unspecified atom stereocenters. The van der Waals surface area contributed by atoms with E-state index in [-0.39, 0.29) is 5.63 Å². The van der Waals surface area contributed by atoms with Gasteiger partial charge in [-0.15, -0.1) is 11.3 Å². The second-order valence-corrected chi connectivity index (χ2v) is 8.92. The lowest BCUT2D eigenvalue weighted by Gasteiger charge is -2.33. The molecule has 1 aromatic carbocycles. The van der Waals surface area contributed by atoms with Gasteiger partial charge in [0.2, 0.25) is 0 Å². The van der Waals surface area contributed by atoms with Crippen molar-refractivity contribution in [2.75, 3.05) is 6.54 Å². The van der Waals surface area contributed by atoms with Gasteiger partial charge in [0.05, 0.1) is 6.54 Å². The number of rotatable bonds is 3. The van der Waals surface area contributed by atoms with E-state index in [9.17, 15) is 4.79 Å². The third kappa shape index (κ3) is 2.63. The van der Waals surface area contributed by atoms with Gasteiger partial charge in [-0.25, -0.2) is 4.79 Å². The smallest absolute Gasteiger partial charge is 0.336 e. The van der Waals surface area contributed by atoms with Gasteiger partial charge >= 0.3 is 5.63 Å². The van der Waals surface area contributed by atoms with Gasteiger partial charge in [0.15, 0.2) is 0 Å². The lowest BCUT2D eigenvalue weighted by atomic mass is 9.94. The van der Waals surface area contributed by atoms with Crippen molar-refractivity contribution < 1.29 is 9.32 Å². The maximum atomic E-state index is 12.2. The van der Waals surface area contributed by atoms with Crippen LogP contribution in [0.3, 0.4) is 0 Å². The molecule has 0 spiro atoms. The van der Waals surface area contributed by atoms with E-state index < -0.39 is 0 Å². The van der Waals surface area contributed by atoms with Crippen LogP contribution in [0, 0.1) is 19.8 Å². The highest BCUT2D eigenvalue weighted by atomic mass is 32.1. The zero-order chi connectivity index (χ0) is 17.8. The summed E-state index contributed by atoms with van der Waals surface area (Å²) in [5.41, 5.74) is 5.49. The van der Waals surface area contributed by atoms with E-state index in [0.717, 1.165) is 47.5 Å². The highest BCUT2D eigenvalue weighted by Crippen LogP contribution is 2.42. The van der Waals surface area contributed by atoms with Crippen molar-refractivity contribution in [3.63, 3.8) is 0 Å². The Morgan fingerprint density at radius 3 is 2.88 bits per heavy atom. The van der Waals surface area contributed by atoms with Crippen molar-refractivity contribution >= 4 is 22.3 Å². The van der Waals surface area contributed by atoms with Gasteiger partial charge < -0.3 is 9.32 Å². The largest absolute Gasteiger partial charge is 0.422 e. The summed E-state index contributed by atoms with van der Waals surface area (Å²) < 4.78 is 5.57. The van der Waals surface area contributed by atoms with Crippen LogP contribution in [0.5, 0.6) is 0 Å². The summed E-state index contributed by atoms with van der Waals surface area (Å²) in [5.74, 6) is 0.814. The first-order valence-corrected chi connectivity index (χ1v) is 10.4. The third-order valence-electron chi connectivity index (χ3n) is 6.26. The fourth-order valence-corrected chi connectivity index (χ4v) is 5.54. The first kappa shape index (κ1) is 16.3. The second-order valence-electron chi connectivity index (χ2n) is 7.92. The molecule has 2 aliphatic rings. The van der Waals surface area contributed by atoms with Crippen LogP contribution in [0.4, 0.5) is 0 Å². The van der Waals surface area contributed by atoms with Gasteiger partial charge in [-0.1, -0.05) is 12.1 Å². The first-order valence-electron chi connectivity index (χ1n) is 9.55. The molecule has 2 atom stereocenters. The Bertz CT molecular complexity index is 1040. The lowest BCUT2D eigenvalue weighted by molar-refractivity contribution is -0.949. The summed E-state index contributed by atoms with van der Waals surface area (Å²) in [6.45, 7) is 6.17. The summed E-state index contributed by atoms with van der Waals surface area (Å²) in [5, 5.41) is 3.35. The normalized spacial score (nSPS) is 22.5. The van der Waals surface area contributed by atoms with Crippen LogP contribution < -0.4 is 10.5 Å². The number of aryl methyl sites for hydroxylation is 2. The standard InChI is InChI=1S/C22H23NO2S/c1-13-3-6-17-16(11-20(24)25-22(17)14(13)2)12-23-9-7-19-18(8-10-26-19)21(23)15-4-5-15/h3,6,8,10-11,15,21H,4-5,7,9,12H2,1-2H3/p+1/t21-/m0/s1. The highest BCUT2D eigenvalue weighted by Gasteiger charge is 2.43. The molecule has 5 rings (SSSR count). The Morgan fingerprint density at radius 1 is 1.23 bits per heavy atom. The van der Waals surface area contributed by atoms with Crippen LogP contribution in [0.15, 0.2) is 38.9 Å². The minimum atomic E-state index is -0.225. The molecule has 1 fully saturated rings. The maximum absolute atomic E-state index is 12.2. The molecular weight excluding hydrogens is 342 g/mol. The first-order chi connectivity index (χ1) is 12.6. The Labute approximate surface area is 157 Å². The van der Waals surface area contributed by atoms with Gasteiger partial charge in [0.25, 0.3) is 0 Å². The van der Waals surface area contributed by atoms with Crippen LogP contribution in [0.1, 0.15) is 46.0 Å². The molecule has 3 aromatic rings. The number of quaternary nitrogens is 1. The van der Waals surface area contributed by atoms with Crippen molar-refractivity contribution in [3.05, 3.63) is 67.2 Å².